The molecular weight excluding hydrogens is 1320 g/mol. The monoisotopic (exact) mass is 1440 g/mol. The van der Waals surface area contributed by atoms with Crippen LogP contribution in [0.2, 0.25) is 0 Å². The van der Waals surface area contributed by atoms with Crippen molar-refractivity contribution in [3.8, 4) is 96.9 Å². The highest BCUT2D eigenvalue weighted by Crippen LogP contribution is 2.39. The zero-order valence-corrected chi connectivity index (χ0v) is 68.4. The van der Waals surface area contributed by atoms with E-state index in [0.717, 1.165) is 17.2 Å². The molecule has 0 radical (unpaired) electrons. The fraction of sp³-hybridized carbons (Fsp3) is 0.302. The zero-order chi connectivity index (χ0) is 77.3. The smallest absolute Gasteiger partial charge is 0.227 e. The third-order valence-electron chi connectivity index (χ3n) is 21.8. The molecule has 12 heteroatoms. The summed E-state index contributed by atoms with van der Waals surface area (Å²) in [7, 11) is 19.3. The number of hydrogen-bond donors (Lipinski definition) is 0. The molecule has 0 fully saturated rings. The molecule has 14 rings (SSSR count). The molecular formula is C96H115N12+9. The van der Waals surface area contributed by atoms with Gasteiger partial charge in [-0.2, -0.15) is 41.1 Å². The molecule has 0 bridgehead atoms. The maximum atomic E-state index is 2.51. The molecule has 14 aromatic rings. The topological polar surface area (TPSA) is 49.7 Å². The van der Waals surface area contributed by atoms with Gasteiger partial charge in [-0.15, -0.1) is 0 Å². The first kappa shape index (κ1) is 76.5. The van der Waals surface area contributed by atoms with Crippen molar-refractivity contribution in [2.24, 2.45) is 63.4 Å². The van der Waals surface area contributed by atoms with Crippen LogP contribution in [0.15, 0.2) is 244 Å². The molecule has 0 atom stereocenters. The molecule has 0 aliphatic heterocycles. The lowest BCUT2D eigenvalue weighted by atomic mass is 9.92. The van der Waals surface area contributed by atoms with Crippen molar-refractivity contribution in [2.75, 3.05) is 0 Å². The summed E-state index contributed by atoms with van der Waals surface area (Å²) in [4.78, 5) is 0. The van der Waals surface area contributed by atoms with E-state index >= 15 is 0 Å². The second-order valence-electron chi connectivity index (χ2n) is 31.4. The van der Waals surface area contributed by atoms with Crippen LogP contribution in [0.25, 0.3) is 108 Å². The fourth-order valence-electron chi connectivity index (χ4n) is 15.8. The van der Waals surface area contributed by atoms with Gasteiger partial charge in [-0.25, -0.2) is 13.7 Å². The maximum Gasteiger partial charge on any atom is 0.360 e. The van der Waals surface area contributed by atoms with Crippen molar-refractivity contribution in [3.63, 3.8) is 0 Å². The van der Waals surface area contributed by atoms with E-state index in [1.165, 1.54) is 135 Å². The summed E-state index contributed by atoms with van der Waals surface area (Å²) in [6.45, 7) is 31.8. The Morgan fingerprint density at radius 3 is 0.963 bits per heavy atom. The van der Waals surface area contributed by atoms with Crippen molar-refractivity contribution >= 4 is 11.0 Å². The van der Waals surface area contributed by atoms with Gasteiger partial charge in [-0.3, -0.25) is 0 Å². The Kier molecular flexibility index (Phi) is 22.8. The van der Waals surface area contributed by atoms with Crippen LogP contribution in [0, 0.1) is 13.8 Å². The summed E-state index contributed by atoms with van der Waals surface area (Å²) in [5, 5.41) is 0. The van der Waals surface area contributed by atoms with Crippen molar-refractivity contribution in [1.82, 2.24) is 13.7 Å². The van der Waals surface area contributed by atoms with Crippen molar-refractivity contribution in [2.45, 2.75) is 132 Å². The van der Waals surface area contributed by atoms with Crippen LogP contribution in [-0.4, -0.2) is 13.7 Å². The van der Waals surface area contributed by atoms with Gasteiger partial charge in [0.05, 0.1) is 21.1 Å². The van der Waals surface area contributed by atoms with Crippen LogP contribution in [-0.2, 0) is 63.4 Å². The van der Waals surface area contributed by atoms with Gasteiger partial charge >= 0.3 is 17.5 Å². The minimum absolute atomic E-state index is 0.402. The second-order valence-corrected chi connectivity index (χ2v) is 31.4. The molecule has 0 saturated carbocycles. The van der Waals surface area contributed by atoms with Gasteiger partial charge in [0.15, 0.2) is 29.6 Å². The summed E-state index contributed by atoms with van der Waals surface area (Å²) in [6, 6.07) is 72.8. The SMILES string of the molecule is CC(C)c1cccc(C(C)C)c1-n1cc[n+](C)c1-c1cccc(-c2cc(-c3ccccc3)cc[n+]2C)[n+]1C.Cc1cc[n+](C)c(-c2cccc(-c3n(-c4c(C(C)C)cccc4C(C)C)c4ccccc4[n+]3C)[n+]2C)c1.Cc1cc[n+](C)c(-c2cccc(-c3n(-c4c(C(C)C)cccc4C(C)C)cc[n+]3C)[n+]2C)c1. The van der Waals surface area contributed by atoms with Gasteiger partial charge in [0.1, 0.15) is 84.1 Å². The van der Waals surface area contributed by atoms with Gasteiger partial charge in [-0.05, 0) is 102 Å². The average Bonchev–Trinajstić information content (AvgIpc) is 1.56. The van der Waals surface area contributed by atoms with Gasteiger partial charge in [0, 0.05) is 106 Å². The minimum atomic E-state index is 0.402. The molecule has 0 unspecified atom stereocenters. The number of aromatic nitrogens is 12. The second kappa shape index (κ2) is 32.1. The van der Waals surface area contributed by atoms with Crippen LogP contribution in [0.5, 0.6) is 0 Å². The predicted octanol–water partition coefficient (Wildman–Crippen LogP) is 17.0. The first-order valence-electron chi connectivity index (χ1n) is 38.7. The highest BCUT2D eigenvalue weighted by molar-refractivity contribution is 5.80. The van der Waals surface area contributed by atoms with E-state index in [2.05, 4.69) is 459 Å². The minimum Gasteiger partial charge on any atom is -0.227 e. The van der Waals surface area contributed by atoms with Crippen molar-refractivity contribution in [1.29, 1.82) is 0 Å². The normalized spacial score (nSPS) is 11.6. The number of imidazole rings is 3. The molecule has 5 aromatic carbocycles. The van der Waals surface area contributed by atoms with Crippen LogP contribution in [0.3, 0.4) is 0 Å². The Morgan fingerprint density at radius 2 is 0.574 bits per heavy atom. The Balaban J connectivity index is 0.000000152. The number of hydrogen-bond acceptors (Lipinski definition) is 0. The summed E-state index contributed by atoms with van der Waals surface area (Å²) < 4.78 is 27.7. The lowest BCUT2D eigenvalue weighted by molar-refractivity contribution is -0.697. The molecule has 108 heavy (non-hydrogen) atoms. The maximum absolute atomic E-state index is 2.51. The molecule has 0 amide bonds. The predicted molar refractivity (Wildman–Crippen MR) is 437 cm³/mol. The van der Waals surface area contributed by atoms with E-state index < -0.39 is 0 Å². The molecule has 9 heterocycles. The van der Waals surface area contributed by atoms with Gasteiger partial charge in [-0.1, -0.05) is 180 Å². The van der Waals surface area contributed by atoms with Crippen molar-refractivity contribution in [3.05, 3.63) is 288 Å². The Morgan fingerprint density at radius 1 is 0.250 bits per heavy atom. The van der Waals surface area contributed by atoms with E-state index in [1.54, 1.807) is 0 Å². The van der Waals surface area contributed by atoms with Crippen LogP contribution in [0.1, 0.15) is 163 Å². The lowest BCUT2D eigenvalue weighted by Gasteiger charge is -2.18. The molecule has 0 spiro atoms. The standard InChI is InChI=1S/C34H39N4.C33H39N4.C29H37N4/c1-24(2)28-15-11-16-29(25(3)4)33(28)38-22-21-36(6)34(38)31-18-12-17-30(37(31)7)32-23-27(19-20-35(32)5)26-13-9-8-10-14-26;1-22(2)25-13-11-14-26(23(3)4)32(25)37-29-16-10-9-15-27(29)36(8)33(37)30-18-12-17-28(35(30)7)31-21-24(5)19-20-34(31)6;1-20(2)23-11-9-12-24(21(3)4)28(23)33-18-17-31(7)29(33)26-14-10-13-25(32(26)8)27-19-22(5)15-16-30(27)6/h8-25H,1-7H3;9-23H,1-8H3;9-21H,1-8H3/q3*+3. The molecule has 0 aliphatic rings. The third-order valence-corrected chi connectivity index (χ3v) is 21.8. The Labute approximate surface area is 643 Å². The lowest BCUT2D eigenvalue weighted by Crippen LogP contribution is -2.43. The number of fused-ring (bicyclic) bond motifs is 1. The summed E-state index contributed by atoms with van der Waals surface area (Å²) in [5.41, 5.74) is 30.2. The number of rotatable bonds is 16. The van der Waals surface area contributed by atoms with Gasteiger partial charge in [0.2, 0.25) is 0 Å². The molecule has 9 aromatic heterocycles. The van der Waals surface area contributed by atoms with E-state index in [9.17, 15) is 0 Å². The fourth-order valence-corrected chi connectivity index (χ4v) is 15.8. The van der Waals surface area contributed by atoms with Gasteiger partial charge in [0.25, 0.3) is 51.2 Å². The zero-order valence-electron chi connectivity index (χ0n) is 68.4. The van der Waals surface area contributed by atoms with Gasteiger partial charge < -0.3 is 0 Å². The number of nitrogens with zero attached hydrogens (tertiary/aromatic N) is 12. The highest BCUT2D eigenvalue weighted by Gasteiger charge is 2.39. The molecule has 550 valence electrons. The van der Waals surface area contributed by atoms with Crippen LogP contribution >= 0.6 is 0 Å². The largest absolute Gasteiger partial charge is 0.360 e. The molecule has 0 aliphatic carbocycles. The summed E-state index contributed by atoms with van der Waals surface area (Å²) in [6.07, 6.45) is 15.2. The van der Waals surface area contributed by atoms with Crippen LogP contribution in [0.4, 0.5) is 0 Å². The third kappa shape index (κ3) is 14.9. The first-order valence-corrected chi connectivity index (χ1v) is 38.7. The summed E-state index contributed by atoms with van der Waals surface area (Å²) >= 11 is 0. The quantitative estimate of drug-likeness (QED) is 0.0866. The van der Waals surface area contributed by atoms with Crippen molar-refractivity contribution < 1.29 is 41.1 Å². The molecule has 0 N–H and O–H groups in total. The van der Waals surface area contributed by atoms with E-state index in [4.69, 9.17) is 0 Å². The van der Waals surface area contributed by atoms with E-state index in [0.29, 0.717) is 35.5 Å². The number of aryl methyl sites for hydroxylation is 8. The number of pyridine rings is 6. The molecule has 0 saturated heterocycles. The number of para-hydroxylation sites is 5. The Hall–Kier alpha value is -11.1. The molecule has 12 nitrogen and oxygen atoms in total. The summed E-state index contributed by atoms with van der Waals surface area (Å²) in [5.74, 6) is 6.02. The van der Waals surface area contributed by atoms with Crippen LogP contribution < -0.4 is 41.1 Å². The highest BCUT2D eigenvalue weighted by atomic mass is 15.2. The number of benzene rings is 5. The van der Waals surface area contributed by atoms with E-state index in [1.807, 2.05) is 0 Å². The van der Waals surface area contributed by atoms with E-state index in [-0.39, 0.29) is 0 Å². The average molecular weight is 1440 g/mol. The first-order chi connectivity index (χ1) is 51.7. The Bertz CT molecular complexity index is 5540.